The summed E-state index contributed by atoms with van der Waals surface area (Å²) in [7, 11) is 0. The second kappa shape index (κ2) is 8.65. The molecule has 3 aromatic carbocycles. The first kappa shape index (κ1) is 20.2. The average molecular weight is 480 g/mol. The molecule has 0 aliphatic carbocycles. The van der Waals surface area contributed by atoms with Gasteiger partial charge in [0.05, 0.1) is 27.0 Å². The van der Waals surface area contributed by atoms with Gasteiger partial charge in [0, 0.05) is 10.0 Å². The predicted molar refractivity (Wildman–Crippen MR) is 115 cm³/mol. The molecular formula is C20H13BrCl2N2O3. The molecule has 5 nitrogen and oxygen atoms in total. The SMILES string of the molecule is O=C(Nc1c(NC(=O)c2cc(Br)ccc2O)ccc(Cl)c1Cl)c1ccccc1. The molecule has 0 fully saturated rings. The van der Waals surface area contributed by atoms with E-state index in [0.717, 1.165) is 0 Å². The zero-order valence-corrected chi connectivity index (χ0v) is 17.3. The summed E-state index contributed by atoms with van der Waals surface area (Å²) >= 11 is 15.6. The van der Waals surface area contributed by atoms with E-state index in [1.54, 1.807) is 36.4 Å². The van der Waals surface area contributed by atoms with Crippen LogP contribution in [0.4, 0.5) is 11.4 Å². The van der Waals surface area contributed by atoms with Crippen LogP contribution in [-0.2, 0) is 0 Å². The Balaban J connectivity index is 1.93. The lowest BCUT2D eigenvalue weighted by atomic mass is 10.1. The first-order valence-electron chi connectivity index (χ1n) is 8.01. The maximum atomic E-state index is 12.6. The highest BCUT2D eigenvalue weighted by Crippen LogP contribution is 2.37. The number of carbonyl (C=O) groups excluding carboxylic acids is 2. The van der Waals surface area contributed by atoms with Crippen molar-refractivity contribution in [3.8, 4) is 5.75 Å². The van der Waals surface area contributed by atoms with E-state index < -0.39 is 11.8 Å². The van der Waals surface area contributed by atoms with Gasteiger partial charge in [-0.25, -0.2) is 0 Å². The van der Waals surface area contributed by atoms with Crippen molar-refractivity contribution in [2.45, 2.75) is 0 Å². The zero-order chi connectivity index (χ0) is 20.3. The van der Waals surface area contributed by atoms with Gasteiger partial charge < -0.3 is 15.7 Å². The number of benzene rings is 3. The van der Waals surface area contributed by atoms with E-state index in [0.29, 0.717) is 10.0 Å². The van der Waals surface area contributed by atoms with Crippen molar-refractivity contribution < 1.29 is 14.7 Å². The lowest BCUT2D eigenvalue weighted by molar-refractivity contribution is 0.101. The summed E-state index contributed by atoms with van der Waals surface area (Å²) in [4.78, 5) is 25.1. The number of phenolic OH excluding ortho intramolecular Hbond substituents is 1. The lowest BCUT2D eigenvalue weighted by Gasteiger charge is -2.15. The molecule has 0 aliphatic heterocycles. The molecule has 0 aromatic heterocycles. The van der Waals surface area contributed by atoms with Gasteiger partial charge in [-0.1, -0.05) is 57.3 Å². The van der Waals surface area contributed by atoms with E-state index in [-0.39, 0.29) is 32.7 Å². The first-order valence-corrected chi connectivity index (χ1v) is 9.56. The minimum Gasteiger partial charge on any atom is -0.507 e. The molecule has 2 amide bonds. The Morgan fingerprint density at radius 3 is 2.32 bits per heavy atom. The van der Waals surface area contributed by atoms with E-state index in [1.165, 1.54) is 24.3 Å². The Bertz CT molecular complexity index is 1060. The Morgan fingerprint density at radius 2 is 1.61 bits per heavy atom. The van der Waals surface area contributed by atoms with Crippen molar-refractivity contribution in [3.05, 3.63) is 86.3 Å². The molecule has 0 unspecified atom stereocenters. The van der Waals surface area contributed by atoms with Gasteiger partial charge in [0.2, 0.25) is 0 Å². The van der Waals surface area contributed by atoms with Gasteiger partial charge in [-0.15, -0.1) is 0 Å². The van der Waals surface area contributed by atoms with Crippen LogP contribution in [0, 0.1) is 0 Å². The lowest BCUT2D eigenvalue weighted by Crippen LogP contribution is -2.17. The summed E-state index contributed by atoms with van der Waals surface area (Å²) in [5.74, 6) is -1.17. The number of anilines is 2. The third kappa shape index (κ3) is 4.47. The van der Waals surface area contributed by atoms with E-state index in [1.807, 2.05) is 0 Å². The molecule has 0 radical (unpaired) electrons. The molecule has 142 valence electrons. The van der Waals surface area contributed by atoms with Crippen LogP contribution < -0.4 is 10.6 Å². The van der Waals surface area contributed by atoms with Crippen molar-refractivity contribution in [2.75, 3.05) is 10.6 Å². The molecule has 3 aromatic rings. The summed E-state index contributed by atoms with van der Waals surface area (Å²) < 4.78 is 0.627. The molecule has 0 saturated carbocycles. The van der Waals surface area contributed by atoms with Gasteiger partial charge >= 0.3 is 0 Å². The number of hydrogen-bond acceptors (Lipinski definition) is 3. The highest BCUT2D eigenvalue weighted by atomic mass is 79.9. The standard InChI is InChI=1S/C20H13BrCl2N2O3/c21-12-6-9-16(26)13(10-12)20(28)24-15-8-7-14(22)17(23)18(15)25-19(27)11-4-2-1-3-5-11/h1-10,26H,(H,24,28)(H,25,27). The van der Waals surface area contributed by atoms with Crippen LogP contribution in [0.15, 0.2) is 65.1 Å². The summed E-state index contributed by atoms with van der Waals surface area (Å²) in [6.45, 7) is 0. The maximum Gasteiger partial charge on any atom is 0.259 e. The van der Waals surface area contributed by atoms with Crippen molar-refractivity contribution in [2.24, 2.45) is 0 Å². The van der Waals surface area contributed by atoms with E-state index in [2.05, 4.69) is 26.6 Å². The number of halogens is 3. The molecular weight excluding hydrogens is 467 g/mol. The molecule has 0 bridgehead atoms. The molecule has 3 N–H and O–H groups in total. The fourth-order valence-corrected chi connectivity index (χ4v) is 3.16. The Labute approximate surface area is 179 Å². The number of nitrogens with one attached hydrogen (secondary N) is 2. The zero-order valence-electron chi connectivity index (χ0n) is 14.2. The van der Waals surface area contributed by atoms with E-state index in [9.17, 15) is 14.7 Å². The molecule has 0 saturated heterocycles. The number of carbonyl (C=O) groups is 2. The number of rotatable bonds is 4. The Hall–Kier alpha value is -2.54. The monoisotopic (exact) mass is 478 g/mol. The number of hydrogen-bond donors (Lipinski definition) is 3. The maximum absolute atomic E-state index is 12.6. The van der Waals surface area contributed by atoms with Crippen molar-refractivity contribution in [1.29, 1.82) is 0 Å². The number of aromatic hydroxyl groups is 1. The highest BCUT2D eigenvalue weighted by molar-refractivity contribution is 9.10. The smallest absolute Gasteiger partial charge is 0.259 e. The van der Waals surface area contributed by atoms with Crippen LogP contribution in [0.5, 0.6) is 5.75 Å². The fourth-order valence-electron chi connectivity index (χ4n) is 2.43. The number of amides is 2. The van der Waals surface area contributed by atoms with Crippen LogP contribution >= 0.6 is 39.1 Å². The topological polar surface area (TPSA) is 78.4 Å². The van der Waals surface area contributed by atoms with Crippen LogP contribution in [0.2, 0.25) is 10.0 Å². The van der Waals surface area contributed by atoms with Crippen LogP contribution in [0.25, 0.3) is 0 Å². The highest BCUT2D eigenvalue weighted by Gasteiger charge is 2.18. The first-order chi connectivity index (χ1) is 13.4. The Kier molecular flexibility index (Phi) is 6.24. The van der Waals surface area contributed by atoms with Crippen LogP contribution in [0.1, 0.15) is 20.7 Å². The van der Waals surface area contributed by atoms with Crippen molar-refractivity contribution >= 4 is 62.3 Å². The van der Waals surface area contributed by atoms with Crippen LogP contribution in [-0.4, -0.2) is 16.9 Å². The minimum absolute atomic E-state index is 0.0563. The fraction of sp³-hybridized carbons (Fsp3) is 0. The summed E-state index contributed by atoms with van der Waals surface area (Å²) in [6, 6.07) is 16.0. The third-order valence-electron chi connectivity index (χ3n) is 3.82. The van der Waals surface area contributed by atoms with Gasteiger partial charge in [-0.05, 0) is 42.5 Å². The van der Waals surface area contributed by atoms with Gasteiger partial charge in [-0.3, -0.25) is 9.59 Å². The van der Waals surface area contributed by atoms with Crippen LogP contribution in [0.3, 0.4) is 0 Å². The van der Waals surface area contributed by atoms with Crippen molar-refractivity contribution in [1.82, 2.24) is 0 Å². The quantitative estimate of drug-likeness (QED) is 0.431. The normalized spacial score (nSPS) is 10.4. The minimum atomic E-state index is -0.576. The molecule has 0 heterocycles. The molecule has 0 aliphatic rings. The summed E-state index contributed by atoms with van der Waals surface area (Å²) in [5.41, 5.74) is 0.871. The average Bonchev–Trinajstić information content (AvgIpc) is 2.69. The van der Waals surface area contributed by atoms with Gasteiger partial charge in [0.15, 0.2) is 0 Å². The third-order valence-corrected chi connectivity index (χ3v) is 5.12. The largest absolute Gasteiger partial charge is 0.507 e. The second-order valence-corrected chi connectivity index (χ2v) is 7.42. The summed E-state index contributed by atoms with van der Waals surface area (Å²) in [5, 5.41) is 15.6. The second-order valence-electron chi connectivity index (χ2n) is 5.72. The van der Waals surface area contributed by atoms with Gasteiger partial charge in [-0.2, -0.15) is 0 Å². The molecule has 0 atom stereocenters. The number of phenols is 1. The van der Waals surface area contributed by atoms with Crippen molar-refractivity contribution in [3.63, 3.8) is 0 Å². The molecule has 0 spiro atoms. The Morgan fingerprint density at radius 1 is 0.893 bits per heavy atom. The molecule has 3 rings (SSSR count). The summed E-state index contributed by atoms with van der Waals surface area (Å²) in [6.07, 6.45) is 0. The van der Waals surface area contributed by atoms with E-state index >= 15 is 0 Å². The molecule has 28 heavy (non-hydrogen) atoms. The van der Waals surface area contributed by atoms with E-state index in [4.69, 9.17) is 23.2 Å². The van der Waals surface area contributed by atoms with Gasteiger partial charge in [0.1, 0.15) is 5.75 Å². The molecule has 8 heteroatoms. The predicted octanol–water partition coefficient (Wildman–Crippen LogP) is 5.97. The van der Waals surface area contributed by atoms with Gasteiger partial charge in [0.25, 0.3) is 11.8 Å².